The first kappa shape index (κ1) is 25.9. The van der Waals surface area contributed by atoms with Gasteiger partial charge in [0.05, 0.1) is 7.11 Å². The van der Waals surface area contributed by atoms with E-state index in [1.54, 1.807) is 12.1 Å². The average Bonchev–Trinajstić information content (AvgIpc) is 2.88. The van der Waals surface area contributed by atoms with Gasteiger partial charge in [0.2, 0.25) is 0 Å². The predicted molar refractivity (Wildman–Crippen MR) is 142 cm³/mol. The summed E-state index contributed by atoms with van der Waals surface area (Å²) in [5, 5.41) is 5.50. The van der Waals surface area contributed by atoms with Gasteiger partial charge < -0.3 is 15.4 Å². The maximum absolute atomic E-state index is 13.1. The van der Waals surface area contributed by atoms with Crippen molar-refractivity contribution in [2.75, 3.05) is 20.7 Å². The molecule has 9 heteroatoms. The number of rotatable bonds is 9. The lowest BCUT2D eigenvalue weighted by atomic mass is 10.0. The van der Waals surface area contributed by atoms with Crippen LogP contribution in [0.3, 0.4) is 0 Å². The Balaban J connectivity index is 1.76. The van der Waals surface area contributed by atoms with Crippen molar-refractivity contribution in [3.8, 4) is 5.75 Å². The second-order valence-electron chi connectivity index (χ2n) is 7.51. The monoisotopic (exact) mass is 509 g/mol. The van der Waals surface area contributed by atoms with Gasteiger partial charge in [0, 0.05) is 19.2 Å². The van der Waals surface area contributed by atoms with Gasteiger partial charge in [0.1, 0.15) is 10.6 Å². The number of benzene rings is 3. The van der Waals surface area contributed by atoms with E-state index in [1.807, 2.05) is 66.7 Å². The highest BCUT2D eigenvalue weighted by atomic mass is 32.2. The topological polar surface area (TPSA) is 96.5 Å². The normalized spacial score (nSPS) is 11.4. The molecule has 0 atom stereocenters. The minimum absolute atomic E-state index is 0.0247. The molecule has 0 spiro atoms. The summed E-state index contributed by atoms with van der Waals surface area (Å²) >= 11 is 4.93. The van der Waals surface area contributed by atoms with Gasteiger partial charge in [-0.1, -0.05) is 66.7 Å². The van der Waals surface area contributed by atoms with E-state index >= 15 is 0 Å². The largest absolute Gasteiger partial charge is 0.495 e. The van der Waals surface area contributed by atoms with Crippen LogP contribution in [-0.2, 0) is 21.2 Å². The molecule has 0 saturated heterocycles. The van der Waals surface area contributed by atoms with Gasteiger partial charge in [-0.15, -0.1) is 0 Å². The van der Waals surface area contributed by atoms with Crippen LogP contribution in [0.15, 0.2) is 83.8 Å². The number of carbonyl (C=O) groups is 1. The van der Waals surface area contributed by atoms with Crippen molar-refractivity contribution >= 4 is 44.9 Å². The highest BCUT2D eigenvalue weighted by Crippen LogP contribution is 2.25. The molecule has 3 aromatic carbocycles. The predicted octanol–water partition coefficient (Wildman–Crippen LogP) is 3.38. The van der Waals surface area contributed by atoms with Crippen LogP contribution in [0.5, 0.6) is 5.75 Å². The molecule has 0 aliphatic carbocycles. The van der Waals surface area contributed by atoms with Gasteiger partial charge in [0.25, 0.3) is 15.9 Å². The Hall–Kier alpha value is -3.69. The lowest BCUT2D eigenvalue weighted by molar-refractivity contribution is -0.115. The third-order valence-electron chi connectivity index (χ3n) is 5.11. The molecule has 3 rings (SSSR count). The van der Waals surface area contributed by atoms with Crippen molar-refractivity contribution < 1.29 is 17.9 Å². The van der Waals surface area contributed by atoms with Gasteiger partial charge in [-0.05, 0) is 53.5 Å². The van der Waals surface area contributed by atoms with E-state index in [2.05, 4.69) is 15.4 Å². The fourth-order valence-corrected chi connectivity index (χ4v) is 4.85. The van der Waals surface area contributed by atoms with Gasteiger partial charge in [-0.3, -0.25) is 9.52 Å². The third kappa shape index (κ3) is 7.14. The summed E-state index contributed by atoms with van der Waals surface area (Å²) in [6.07, 6.45) is 2.27. The van der Waals surface area contributed by atoms with Crippen molar-refractivity contribution in [1.29, 1.82) is 0 Å². The molecule has 3 N–H and O–H groups in total. The van der Waals surface area contributed by atoms with E-state index in [1.165, 1.54) is 20.2 Å². The molecule has 3 aromatic rings. The van der Waals surface area contributed by atoms with Crippen LogP contribution in [0.1, 0.15) is 16.7 Å². The lowest BCUT2D eigenvalue weighted by Crippen LogP contribution is -2.37. The number of thiocarbonyl (C=S) groups is 1. The van der Waals surface area contributed by atoms with Crippen LogP contribution in [0.25, 0.3) is 11.6 Å². The first-order valence-corrected chi connectivity index (χ1v) is 12.7. The molecule has 7 nitrogen and oxygen atoms in total. The molecule has 0 heterocycles. The lowest BCUT2D eigenvalue weighted by Gasteiger charge is -2.14. The molecule has 1 amide bonds. The van der Waals surface area contributed by atoms with Crippen LogP contribution in [0, 0.1) is 0 Å². The van der Waals surface area contributed by atoms with Crippen LogP contribution >= 0.6 is 12.2 Å². The fraction of sp³-hybridized carbons (Fsp3) is 0.154. The van der Waals surface area contributed by atoms with E-state index in [4.69, 9.17) is 17.0 Å². The second-order valence-corrected chi connectivity index (χ2v) is 9.57. The van der Waals surface area contributed by atoms with Crippen LogP contribution in [0.2, 0.25) is 0 Å². The third-order valence-corrected chi connectivity index (χ3v) is 6.92. The highest BCUT2D eigenvalue weighted by Gasteiger charge is 2.21. The summed E-state index contributed by atoms with van der Waals surface area (Å²) in [5.41, 5.74) is 2.98. The number of carbonyl (C=O) groups excluding carboxylic acids is 1. The standard InChI is InChI=1S/C26H27N3O4S2/c1-27-26(34)29-35(31,32)24-18-20(13-14-23(24)33-2)15-16-28-25(30)22(21-11-7-4-8-12-21)17-19-9-5-3-6-10-19/h3-14,17-18H,15-16H2,1-2H3,(H,28,30)(H2,27,29,34). The zero-order chi connectivity index (χ0) is 25.3. The van der Waals surface area contributed by atoms with E-state index in [0.29, 0.717) is 18.5 Å². The van der Waals surface area contributed by atoms with Crippen molar-refractivity contribution in [1.82, 2.24) is 15.4 Å². The van der Waals surface area contributed by atoms with E-state index in [9.17, 15) is 13.2 Å². The summed E-state index contributed by atoms with van der Waals surface area (Å²) in [6, 6.07) is 23.9. The summed E-state index contributed by atoms with van der Waals surface area (Å²) in [7, 11) is -1.01. The van der Waals surface area contributed by atoms with Gasteiger partial charge in [0.15, 0.2) is 5.11 Å². The number of hydrogen-bond acceptors (Lipinski definition) is 5. The summed E-state index contributed by atoms with van der Waals surface area (Å²) < 4.78 is 33.0. The summed E-state index contributed by atoms with van der Waals surface area (Å²) in [4.78, 5) is 13.1. The van der Waals surface area contributed by atoms with Gasteiger partial charge in [-0.25, -0.2) is 8.42 Å². The molecule has 182 valence electrons. The summed E-state index contributed by atoms with van der Waals surface area (Å²) in [5.74, 6) is -0.0243. The molecule has 0 aliphatic rings. The van der Waals surface area contributed by atoms with Gasteiger partial charge in [-0.2, -0.15) is 0 Å². The Morgan fingerprint density at radius 2 is 1.66 bits per heavy atom. The molecule has 0 aliphatic heterocycles. The quantitative estimate of drug-likeness (QED) is 0.233. The minimum atomic E-state index is -3.94. The molecule has 0 unspecified atom stereocenters. The molecular formula is C26H27N3O4S2. The zero-order valence-electron chi connectivity index (χ0n) is 19.4. The van der Waals surface area contributed by atoms with Crippen molar-refractivity contribution in [3.63, 3.8) is 0 Å². The molecule has 35 heavy (non-hydrogen) atoms. The van der Waals surface area contributed by atoms with E-state index in [-0.39, 0.29) is 21.7 Å². The SMILES string of the molecule is CNC(=S)NS(=O)(=O)c1cc(CCNC(=O)C(=Cc2ccccc2)c2ccccc2)ccc1OC. The van der Waals surface area contributed by atoms with Crippen LogP contribution in [-0.4, -0.2) is 40.1 Å². The number of amides is 1. The summed E-state index contributed by atoms with van der Waals surface area (Å²) in [6.45, 7) is 0.311. The van der Waals surface area contributed by atoms with E-state index in [0.717, 1.165) is 16.7 Å². The molecule has 0 fully saturated rings. The smallest absolute Gasteiger partial charge is 0.267 e. The first-order chi connectivity index (χ1) is 16.8. The Morgan fingerprint density at radius 1 is 1.00 bits per heavy atom. The number of hydrogen-bond donors (Lipinski definition) is 3. The molecule has 0 saturated carbocycles. The van der Waals surface area contributed by atoms with E-state index < -0.39 is 10.0 Å². The van der Waals surface area contributed by atoms with Crippen molar-refractivity contribution in [2.24, 2.45) is 0 Å². The Morgan fingerprint density at radius 3 is 2.29 bits per heavy atom. The Labute approximate surface area is 211 Å². The highest BCUT2D eigenvalue weighted by molar-refractivity contribution is 7.92. The number of methoxy groups -OCH3 is 1. The number of nitrogens with one attached hydrogen (secondary N) is 3. The Kier molecular flexibility index (Phi) is 8.99. The number of ether oxygens (including phenoxy) is 1. The van der Waals surface area contributed by atoms with Crippen LogP contribution < -0.4 is 20.1 Å². The second kappa shape index (κ2) is 12.1. The maximum atomic E-state index is 13.1. The van der Waals surface area contributed by atoms with Crippen molar-refractivity contribution in [3.05, 3.63) is 95.6 Å². The molecule has 0 aromatic heterocycles. The van der Waals surface area contributed by atoms with Gasteiger partial charge >= 0.3 is 0 Å². The molecule has 0 bridgehead atoms. The zero-order valence-corrected chi connectivity index (χ0v) is 21.1. The fourth-order valence-electron chi connectivity index (χ4n) is 3.34. The van der Waals surface area contributed by atoms with Crippen molar-refractivity contribution in [2.45, 2.75) is 11.3 Å². The Bertz CT molecular complexity index is 1310. The van der Waals surface area contributed by atoms with Crippen LogP contribution in [0.4, 0.5) is 0 Å². The molecule has 0 radical (unpaired) electrons. The average molecular weight is 510 g/mol. The molecular weight excluding hydrogens is 482 g/mol. The number of sulfonamides is 1. The first-order valence-electron chi connectivity index (χ1n) is 10.9. The minimum Gasteiger partial charge on any atom is -0.495 e. The maximum Gasteiger partial charge on any atom is 0.267 e.